The zero-order valence-electron chi connectivity index (χ0n) is 11.0. The molecule has 0 heterocycles. The number of rotatable bonds is 10. The molecule has 0 fully saturated rings. The van der Waals surface area contributed by atoms with Gasteiger partial charge in [-0.05, 0) is 26.7 Å². The molecule has 2 atom stereocenters. The van der Waals surface area contributed by atoms with Crippen molar-refractivity contribution in [2.24, 2.45) is 0 Å². The summed E-state index contributed by atoms with van der Waals surface area (Å²) >= 11 is 0. The third-order valence-corrected chi connectivity index (χ3v) is 2.63. The monoisotopic (exact) mass is 215 g/mol. The van der Waals surface area contributed by atoms with Gasteiger partial charge >= 0.3 is 0 Å². The van der Waals surface area contributed by atoms with Gasteiger partial charge in [0.15, 0.2) is 0 Å². The highest BCUT2D eigenvalue weighted by Crippen LogP contribution is 1.99. The van der Waals surface area contributed by atoms with Crippen molar-refractivity contribution in [1.82, 2.24) is 5.32 Å². The molecule has 0 saturated heterocycles. The highest BCUT2D eigenvalue weighted by molar-refractivity contribution is 4.62. The molecule has 2 heteroatoms. The van der Waals surface area contributed by atoms with Crippen molar-refractivity contribution in [3.05, 3.63) is 0 Å². The Hall–Kier alpha value is -0.0800. The maximum Gasteiger partial charge on any atom is 0.0671 e. The Bertz CT molecular complexity index is 128. The van der Waals surface area contributed by atoms with Crippen molar-refractivity contribution in [1.29, 1.82) is 0 Å². The maximum absolute atomic E-state index is 5.71. The molecule has 0 aromatic carbocycles. The first-order valence-electron chi connectivity index (χ1n) is 6.55. The topological polar surface area (TPSA) is 21.3 Å². The van der Waals surface area contributed by atoms with E-state index < -0.39 is 0 Å². The highest BCUT2D eigenvalue weighted by Gasteiger charge is 2.04. The minimum atomic E-state index is 0.348. The van der Waals surface area contributed by atoms with Crippen LogP contribution in [0.3, 0.4) is 0 Å². The lowest BCUT2D eigenvalue weighted by Gasteiger charge is -2.17. The Morgan fingerprint density at radius 3 is 2.40 bits per heavy atom. The standard InChI is InChI=1S/C13H29NO/c1-5-7-8-10-15-13(4)11-14-12(3)9-6-2/h12-14H,5-11H2,1-4H3. The van der Waals surface area contributed by atoms with Gasteiger partial charge in [0, 0.05) is 19.2 Å². The van der Waals surface area contributed by atoms with Crippen LogP contribution in [-0.2, 0) is 4.74 Å². The van der Waals surface area contributed by atoms with Crippen molar-refractivity contribution < 1.29 is 4.74 Å². The van der Waals surface area contributed by atoms with Gasteiger partial charge in [-0.3, -0.25) is 0 Å². The molecule has 0 bridgehead atoms. The van der Waals surface area contributed by atoms with Crippen molar-refractivity contribution in [3.8, 4) is 0 Å². The van der Waals surface area contributed by atoms with Gasteiger partial charge in [0.25, 0.3) is 0 Å². The van der Waals surface area contributed by atoms with Crippen LogP contribution >= 0.6 is 0 Å². The first-order valence-corrected chi connectivity index (χ1v) is 6.55. The second kappa shape index (κ2) is 10.4. The number of unbranched alkanes of at least 4 members (excludes halogenated alkanes) is 2. The van der Waals surface area contributed by atoms with Crippen LogP contribution in [0, 0.1) is 0 Å². The van der Waals surface area contributed by atoms with E-state index in [1.807, 2.05) is 0 Å². The van der Waals surface area contributed by atoms with Gasteiger partial charge in [-0.1, -0.05) is 33.1 Å². The van der Waals surface area contributed by atoms with Gasteiger partial charge in [-0.25, -0.2) is 0 Å². The molecule has 0 rings (SSSR count). The minimum Gasteiger partial charge on any atom is -0.377 e. The fourth-order valence-electron chi connectivity index (χ4n) is 1.60. The third-order valence-electron chi connectivity index (χ3n) is 2.63. The van der Waals surface area contributed by atoms with Gasteiger partial charge < -0.3 is 10.1 Å². The summed E-state index contributed by atoms with van der Waals surface area (Å²) in [5.74, 6) is 0. The largest absolute Gasteiger partial charge is 0.377 e. The summed E-state index contributed by atoms with van der Waals surface area (Å²) in [7, 11) is 0. The van der Waals surface area contributed by atoms with E-state index in [1.165, 1.54) is 32.1 Å². The van der Waals surface area contributed by atoms with Crippen LogP contribution in [0.5, 0.6) is 0 Å². The summed E-state index contributed by atoms with van der Waals surface area (Å²) < 4.78 is 5.71. The molecule has 0 aromatic rings. The maximum atomic E-state index is 5.71. The van der Waals surface area contributed by atoms with E-state index in [0.29, 0.717) is 12.1 Å². The minimum absolute atomic E-state index is 0.348. The second-order valence-electron chi connectivity index (χ2n) is 4.49. The summed E-state index contributed by atoms with van der Waals surface area (Å²) in [6, 6.07) is 0.622. The molecule has 15 heavy (non-hydrogen) atoms. The molecule has 92 valence electrons. The quantitative estimate of drug-likeness (QED) is 0.564. The van der Waals surface area contributed by atoms with E-state index in [9.17, 15) is 0 Å². The lowest BCUT2D eigenvalue weighted by molar-refractivity contribution is 0.0614. The van der Waals surface area contributed by atoms with Gasteiger partial charge in [-0.15, -0.1) is 0 Å². The van der Waals surface area contributed by atoms with Crippen LogP contribution in [0.4, 0.5) is 0 Å². The molecule has 0 saturated carbocycles. The predicted molar refractivity (Wildman–Crippen MR) is 67.3 cm³/mol. The molecule has 0 spiro atoms. The fourth-order valence-corrected chi connectivity index (χ4v) is 1.60. The summed E-state index contributed by atoms with van der Waals surface area (Å²) in [6.45, 7) is 10.7. The molecule has 1 N–H and O–H groups in total. The van der Waals surface area contributed by atoms with Gasteiger partial charge in [0.05, 0.1) is 6.10 Å². The van der Waals surface area contributed by atoms with E-state index in [4.69, 9.17) is 4.74 Å². The van der Waals surface area contributed by atoms with Gasteiger partial charge in [0.2, 0.25) is 0 Å². The molecule has 0 aliphatic heterocycles. The van der Waals surface area contributed by atoms with E-state index in [1.54, 1.807) is 0 Å². The fraction of sp³-hybridized carbons (Fsp3) is 1.00. The SMILES string of the molecule is CCCCCOC(C)CNC(C)CCC. The smallest absolute Gasteiger partial charge is 0.0671 e. The molecule has 0 aromatic heterocycles. The van der Waals surface area contributed by atoms with Crippen LogP contribution in [0.25, 0.3) is 0 Å². The molecule has 0 aliphatic rings. The Morgan fingerprint density at radius 1 is 1.07 bits per heavy atom. The van der Waals surface area contributed by atoms with Crippen LogP contribution in [0.1, 0.15) is 59.8 Å². The lowest BCUT2D eigenvalue weighted by atomic mass is 10.2. The van der Waals surface area contributed by atoms with Crippen LogP contribution in [-0.4, -0.2) is 25.3 Å². The van der Waals surface area contributed by atoms with E-state index in [-0.39, 0.29) is 0 Å². The zero-order valence-corrected chi connectivity index (χ0v) is 11.0. The lowest BCUT2D eigenvalue weighted by Crippen LogP contribution is -2.33. The average molecular weight is 215 g/mol. The summed E-state index contributed by atoms with van der Waals surface area (Å²) in [5, 5.41) is 3.50. The molecular formula is C13H29NO. The van der Waals surface area contributed by atoms with Crippen molar-refractivity contribution >= 4 is 0 Å². The van der Waals surface area contributed by atoms with Crippen LogP contribution < -0.4 is 5.32 Å². The van der Waals surface area contributed by atoms with Crippen molar-refractivity contribution in [2.75, 3.05) is 13.2 Å². The van der Waals surface area contributed by atoms with Crippen molar-refractivity contribution in [3.63, 3.8) is 0 Å². The number of hydrogen-bond acceptors (Lipinski definition) is 2. The summed E-state index contributed by atoms with van der Waals surface area (Å²) in [4.78, 5) is 0. The number of hydrogen-bond donors (Lipinski definition) is 1. The normalized spacial score (nSPS) is 15.2. The molecule has 0 aliphatic carbocycles. The Balaban J connectivity index is 3.28. The molecule has 2 nitrogen and oxygen atoms in total. The Labute approximate surface area is 95.8 Å². The van der Waals surface area contributed by atoms with Gasteiger partial charge in [-0.2, -0.15) is 0 Å². The zero-order chi connectivity index (χ0) is 11.5. The van der Waals surface area contributed by atoms with E-state index in [0.717, 1.165) is 13.2 Å². The van der Waals surface area contributed by atoms with E-state index >= 15 is 0 Å². The molecule has 0 radical (unpaired) electrons. The molecule has 0 amide bonds. The van der Waals surface area contributed by atoms with Crippen LogP contribution in [0.2, 0.25) is 0 Å². The number of ether oxygens (including phenoxy) is 1. The number of nitrogens with one attached hydrogen (secondary N) is 1. The Morgan fingerprint density at radius 2 is 1.80 bits per heavy atom. The Kier molecular flexibility index (Phi) is 10.4. The molecule has 2 unspecified atom stereocenters. The average Bonchev–Trinajstić information content (AvgIpc) is 2.22. The first-order chi connectivity index (χ1) is 7.20. The summed E-state index contributed by atoms with van der Waals surface area (Å²) in [6.07, 6.45) is 6.60. The third kappa shape index (κ3) is 10.2. The van der Waals surface area contributed by atoms with Gasteiger partial charge in [0.1, 0.15) is 0 Å². The summed E-state index contributed by atoms with van der Waals surface area (Å²) in [5.41, 5.74) is 0. The first kappa shape index (κ1) is 14.9. The highest BCUT2D eigenvalue weighted by atomic mass is 16.5. The molecular weight excluding hydrogens is 186 g/mol. The van der Waals surface area contributed by atoms with Crippen molar-refractivity contribution in [2.45, 2.75) is 71.9 Å². The van der Waals surface area contributed by atoms with E-state index in [2.05, 4.69) is 33.0 Å². The predicted octanol–water partition coefficient (Wildman–Crippen LogP) is 3.36. The van der Waals surface area contributed by atoms with Crippen LogP contribution in [0.15, 0.2) is 0 Å². The second-order valence-corrected chi connectivity index (χ2v) is 4.49.